The lowest BCUT2D eigenvalue weighted by atomic mass is 9.98. The summed E-state index contributed by atoms with van der Waals surface area (Å²) in [6, 6.07) is 6.37. The molecule has 0 bridgehead atoms. The predicted molar refractivity (Wildman–Crippen MR) is 182 cm³/mol. The molecule has 0 saturated carbocycles. The maximum absolute atomic E-state index is 14.1. The molecule has 4 rings (SSSR count). The van der Waals surface area contributed by atoms with Crippen molar-refractivity contribution in [2.45, 2.75) is 96.1 Å². The van der Waals surface area contributed by atoms with E-state index in [0.29, 0.717) is 39.4 Å². The zero-order valence-corrected chi connectivity index (χ0v) is 30.5. The summed E-state index contributed by atoms with van der Waals surface area (Å²) in [7, 11) is -5.57. The molecule has 0 radical (unpaired) electrons. The highest BCUT2D eigenvalue weighted by Crippen LogP contribution is 2.45. The molecule has 0 aliphatic rings. The van der Waals surface area contributed by atoms with Crippen molar-refractivity contribution in [3.8, 4) is 0 Å². The lowest BCUT2D eigenvalue weighted by molar-refractivity contribution is -0.138. The minimum atomic E-state index is -4.75. The smallest absolute Gasteiger partial charge is 0.382 e. The Morgan fingerprint density at radius 3 is 2.11 bits per heavy atom. The van der Waals surface area contributed by atoms with Gasteiger partial charge in [0.05, 0.1) is 21.8 Å². The van der Waals surface area contributed by atoms with E-state index in [-0.39, 0.29) is 16.9 Å². The molecule has 1 N–H and O–H groups in total. The van der Waals surface area contributed by atoms with E-state index in [2.05, 4.69) is 57.0 Å². The van der Waals surface area contributed by atoms with Gasteiger partial charge in [-0.15, -0.1) is 0 Å². The number of anilines is 1. The molecule has 0 spiro atoms. The van der Waals surface area contributed by atoms with E-state index in [4.69, 9.17) is 9.72 Å². The fourth-order valence-electron chi connectivity index (χ4n) is 7.41. The maximum Gasteiger partial charge on any atom is 0.416 e. The Morgan fingerprint density at radius 1 is 0.936 bits per heavy atom. The largest absolute Gasteiger partial charge is 0.416 e. The first-order valence-electron chi connectivity index (χ1n) is 15.6. The van der Waals surface area contributed by atoms with E-state index in [0.717, 1.165) is 27.5 Å². The third-order valence-corrected chi connectivity index (χ3v) is 17.8. The van der Waals surface area contributed by atoms with Crippen molar-refractivity contribution in [3.63, 3.8) is 0 Å². The molecule has 0 aliphatic carbocycles. The van der Waals surface area contributed by atoms with E-state index in [9.17, 15) is 26.7 Å². The molecular formula is C34H45F3N4O4SSi. The number of aliphatic hydroxyl groups excluding tert-OH is 1. The molecule has 256 valence electrons. The molecular weight excluding hydrogens is 646 g/mol. The zero-order chi connectivity index (χ0) is 35.2. The topological polar surface area (TPSA) is 97.6 Å². The molecule has 0 fully saturated rings. The Balaban J connectivity index is 1.96. The summed E-state index contributed by atoms with van der Waals surface area (Å²) in [5.74, 6) is 0. The first kappa shape index (κ1) is 36.6. The molecule has 0 amide bonds. The molecule has 1 aromatic carbocycles. The average Bonchev–Trinajstić information content (AvgIpc) is 3.38. The van der Waals surface area contributed by atoms with Crippen molar-refractivity contribution < 1.29 is 31.4 Å². The Morgan fingerprint density at radius 2 is 1.55 bits per heavy atom. The van der Waals surface area contributed by atoms with Gasteiger partial charge in [0.1, 0.15) is 18.5 Å². The van der Waals surface area contributed by atoms with E-state index >= 15 is 0 Å². The van der Waals surface area contributed by atoms with Crippen LogP contribution in [0.15, 0.2) is 53.8 Å². The summed E-state index contributed by atoms with van der Waals surface area (Å²) in [5, 5.41) is 12.8. The number of hydrogen-bond donors (Lipinski definition) is 1. The molecule has 47 heavy (non-hydrogen) atoms. The van der Waals surface area contributed by atoms with Crippen LogP contribution in [0.2, 0.25) is 16.6 Å². The van der Waals surface area contributed by atoms with Gasteiger partial charge in [-0.1, -0.05) is 47.6 Å². The number of aromatic nitrogens is 3. The number of benzene rings is 1. The lowest BCUT2D eigenvalue weighted by Crippen LogP contribution is -2.51. The number of methoxy groups -OCH3 is 1. The van der Waals surface area contributed by atoms with Gasteiger partial charge in [0.15, 0.2) is 8.24 Å². The number of sulfonamides is 1. The highest BCUT2D eigenvalue weighted by Gasteiger charge is 2.46. The molecule has 0 saturated heterocycles. The quantitative estimate of drug-likeness (QED) is 0.126. The van der Waals surface area contributed by atoms with Crippen molar-refractivity contribution in [1.82, 2.24) is 14.2 Å². The van der Waals surface area contributed by atoms with E-state index < -0.39 is 47.7 Å². The van der Waals surface area contributed by atoms with Crippen molar-refractivity contribution in [1.29, 1.82) is 0 Å². The number of pyridine rings is 2. The fraction of sp³-hybridized carbons (Fsp3) is 0.471. The monoisotopic (exact) mass is 690 g/mol. The fourth-order valence-corrected chi connectivity index (χ4v) is 15.4. The Bertz CT molecular complexity index is 1850. The van der Waals surface area contributed by atoms with Gasteiger partial charge in [-0.3, -0.25) is 4.98 Å². The number of nitrogens with zero attached hydrogens (tertiary/aromatic N) is 4. The Hall–Kier alpha value is -3.26. The first-order valence-corrected chi connectivity index (χ1v) is 19.2. The summed E-state index contributed by atoms with van der Waals surface area (Å²) in [5.41, 5.74) is 2.51. The summed E-state index contributed by atoms with van der Waals surface area (Å²) >= 11 is 0. The van der Waals surface area contributed by atoms with Gasteiger partial charge in [0, 0.05) is 30.5 Å². The number of ether oxygens (including phenoxy) is 1. The van der Waals surface area contributed by atoms with Crippen LogP contribution in [0.4, 0.5) is 18.9 Å². The third kappa shape index (κ3) is 6.34. The number of alkyl halides is 3. The molecule has 13 heteroatoms. The summed E-state index contributed by atoms with van der Waals surface area (Å²) in [6.45, 7) is 17.8. The minimum Gasteiger partial charge on any atom is -0.382 e. The summed E-state index contributed by atoms with van der Waals surface area (Å²) < 4.78 is 78.0. The van der Waals surface area contributed by atoms with E-state index in [1.54, 1.807) is 13.1 Å². The standard InChI is InChI=1S/C34H45F3N4O4SSi/c1-20(2)47(21(3)4,22(5)6)41-14-13-27-30(25(9)18-39-33(27)41)32(42)31-29(15-23(7)17-38-31)40(19-45-10)46(43,44)26-12-11-24(8)28(16-26)34(35,36)37/h11-18,20-22,32,42H,19H2,1-10H3. The number of halogens is 3. The number of aryl methyl sites for hydroxylation is 3. The van der Waals surface area contributed by atoms with Gasteiger partial charge >= 0.3 is 6.18 Å². The van der Waals surface area contributed by atoms with Crippen molar-refractivity contribution in [2.24, 2.45) is 0 Å². The van der Waals surface area contributed by atoms with Gasteiger partial charge in [0.2, 0.25) is 0 Å². The summed E-state index contributed by atoms with van der Waals surface area (Å²) in [4.78, 5) is 8.80. The van der Waals surface area contributed by atoms with Crippen LogP contribution in [0, 0.1) is 20.8 Å². The maximum atomic E-state index is 14.1. The van der Waals surface area contributed by atoms with Gasteiger partial charge in [-0.05, 0) is 84.5 Å². The molecule has 1 unspecified atom stereocenters. The second-order valence-electron chi connectivity index (χ2n) is 13.2. The van der Waals surface area contributed by atoms with Gasteiger partial charge in [0.25, 0.3) is 10.0 Å². The van der Waals surface area contributed by atoms with Crippen LogP contribution in [0.3, 0.4) is 0 Å². The third-order valence-electron chi connectivity index (χ3n) is 9.33. The van der Waals surface area contributed by atoms with Crippen LogP contribution < -0.4 is 4.31 Å². The highest BCUT2D eigenvalue weighted by molar-refractivity contribution is 7.92. The molecule has 0 aliphatic heterocycles. The molecule has 1 atom stereocenters. The van der Waals surface area contributed by atoms with Crippen molar-refractivity contribution in [2.75, 3.05) is 18.1 Å². The van der Waals surface area contributed by atoms with Gasteiger partial charge in [-0.25, -0.2) is 17.7 Å². The second-order valence-corrected chi connectivity index (χ2v) is 20.8. The van der Waals surface area contributed by atoms with Crippen LogP contribution in [0.25, 0.3) is 11.0 Å². The van der Waals surface area contributed by atoms with Crippen LogP contribution in [-0.4, -0.2) is 49.8 Å². The average molecular weight is 691 g/mol. The van der Waals surface area contributed by atoms with Crippen LogP contribution in [0.5, 0.6) is 0 Å². The van der Waals surface area contributed by atoms with Crippen LogP contribution in [-0.2, 0) is 20.9 Å². The molecule has 3 aromatic heterocycles. The van der Waals surface area contributed by atoms with Crippen LogP contribution >= 0.6 is 0 Å². The normalized spacial score (nSPS) is 13.7. The van der Waals surface area contributed by atoms with Crippen molar-refractivity contribution in [3.05, 3.63) is 82.4 Å². The van der Waals surface area contributed by atoms with Crippen LogP contribution in [0.1, 0.15) is 81.2 Å². The van der Waals surface area contributed by atoms with Gasteiger partial charge < -0.3 is 14.1 Å². The minimum absolute atomic E-state index is 0.00691. The molecule has 3 heterocycles. The van der Waals surface area contributed by atoms with Gasteiger partial charge in [-0.2, -0.15) is 13.2 Å². The lowest BCUT2D eigenvalue weighted by Gasteiger charge is -2.44. The van der Waals surface area contributed by atoms with E-state index in [1.165, 1.54) is 26.3 Å². The van der Waals surface area contributed by atoms with Crippen molar-refractivity contribution >= 4 is 35.0 Å². The first-order chi connectivity index (χ1) is 21.8. The molecule has 4 aromatic rings. The number of fused-ring (bicyclic) bond motifs is 1. The Labute approximate surface area is 276 Å². The number of aliphatic hydroxyl groups is 1. The zero-order valence-electron chi connectivity index (χ0n) is 28.6. The highest BCUT2D eigenvalue weighted by atomic mass is 32.2. The predicted octanol–water partition coefficient (Wildman–Crippen LogP) is 8.28. The van der Waals surface area contributed by atoms with E-state index in [1.807, 2.05) is 13.0 Å². The Kier molecular flexibility index (Phi) is 10.4. The second kappa shape index (κ2) is 13.3. The SMILES string of the molecule is COCN(c1cc(C)cnc1C(O)c1c(C)cnc2c1ccn2[Si](C(C)C)(C(C)C)C(C)C)S(=O)(=O)c1ccc(C)c(C(F)(F)F)c1. The molecule has 8 nitrogen and oxygen atoms in total. The number of rotatable bonds is 11. The summed E-state index contributed by atoms with van der Waals surface area (Å²) in [6.07, 6.45) is -0.880. The number of hydrogen-bond acceptors (Lipinski definition) is 6.